The molecule has 0 saturated carbocycles. The number of fused-ring (bicyclic) bond motifs is 1. The number of rotatable bonds is 16. The Labute approximate surface area is 232 Å². The lowest BCUT2D eigenvalue weighted by atomic mass is 10.1. The molecule has 0 unspecified atom stereocenters. The molecule has 0 bridgehead atoms. The molecule has 1 aromatic carbocycles. The number of hydrogen-bond acceptors (Lipinski definition) is 7. The third kappa shape index (κ3) is 9.81. The summed E-state index contributed by atoms with van der Waals surface area (Å²) < 4.78 is 38.2. The van der Waals surface area contributed by atoms with Crippen molar-refractivity contribution in [3.63, 3.8) is 0 Å². The van der Waals surface area contributed by atoms with Crippen LogP contribution in [0, 0.1) is 0 Å². The van der Waals surface area contributed by atoms with Crippen molar-refractivity contribution < 1.29 is 37.5 Å². The second-order valence-electron chi connectivity index (χ2n) is 9.09. The molecule has 41 heavy (non-hydrogen) atoms. The molecule has 0 aliphatic carbocycles. The highest BCUT2D eigenvalue weighted by Gasteiger charge is 2.38. The van der Waals surface area contributed by atoms with Crippen LogP contribution in [0.15, 0.2) is 36.8 Å². The van der Waals surface area contributed by atoms with Gasteiger partial charge in [0.25, 0.3) is 5.91 Å². The minimum Gasteiger partial charge on any atom is -0.480 e. The molecule has 3 amide bonds. The van der Waals surface area contributed by atoms with Crippen molar-refractivity contribution in [2.75, 3.05) is 25.0 Å². The van der Waals surface area contributed by atoms with Gasteiger partial charge in [-0.05, 0) is 37.5 Å². The Bertz CT molecular complexity index is 1330. The molecule has 13 nitrogen and oxygen atoms in total. The van der Waals surface area contributed by atoms with Crippen molar-refractivity contribution in [2.24, 2.45) is 0 Å². The number of halogens is 3. The normalized spacial score (nSPS) is 12.1. The number of nitrogens with one attached hydrogen (secondary N) is 5. The van der Waals surface area contributed by atoms with Crippen LogP contribution in [0.5, 0.6) is 0 Å². The van der Waals surface area contributed by atoms with Crippen LogP contribution in [0.1, 0.15) is 42.5 Å². The smallest absolute Gasteiger partial charge is 0.471 e. The number of carbonyl (C=O) groups is 4. The number of aromatic amines is 1. The summed E-state index contributed by atoms with van der Waals surface area (Å²) in [6, 6.07) is 3.62. The maximum absolute atomic E-state index is 12.7. The van der Waals surface area contributed by atoms with E-state index in [1.54, 1.807) is 42.1 Å². The summed E-state index contributed by atoms with van der Waals surface area (Å²) in [5, 5.41) is 24.2. The van der Waals surface area contributed by atoms with E-state index in [9.17, 15) is 37.5 Å². The number of carboxylic acid groups (broad SMARTS) is 1. The Hall–Kier alpha value is -4.63. The predicted molar refractivity (Wildman–Crippen MR) is 141 cm³/mol. The van der Waals surface area contributed by atoms with Gasteiger partial charge in [-0.3, -0.25) is 19.1 Å². The van der Waals surface area contributed by atoms with E-state index in [4.69, 9.17) is 0 Å². The highest BCUT2D eigenvalue weighted by Crippen LogP contribution is 2.17. The Kier molecular flexibility index (Phi) is 11.1. The van der Waals surface area contributed by atoms with Gasteiger partial charge in [0.15, 0.2) is 5.95 Å². The Morgan fingerprint density at radius 2 is 1.85 bits per heavy atom. The number of nitrogens with zero attached hydrogens (tertiary/aromatic N) is 3. The van der Waals surface area contributed by atoms with E-state index in [0.717, 1.165) is 17.3 Å². The average Bonchev–Trinajstić information content (AvgIpc) is 3.59. The van der Waals surface area contributed by atoms with E-state index < -0.39 is 35.9 Å². The van der Waals surface area contributed by atoms with Crippen molar-refractivity contribution in [3.8, 4) is 0 Å². The van der Waals surface area contributed by atoms with Crippen LogP contribution in [-0.2, 0) is 20.9 Å². The maximum Gasteiger partial charge on any atom is 0.471 e. The van der Waals surface area contributed by atoms with Crippen LogP contribution in [0.2, 0.25) is 0 Å². The Balaban J connectivity index is 1.40. The summed E-state index contributed by atoms with van der Waals surface area (Å²) in [6.45, 7) is 0.767. The molecule has 2 aromatic heterocycles. The fraction of sp³-hybridized carbons (Fsp3) is 0.440. The summed E-state index contributed by atoms with van der Waals surface area (Å²) in [4.78, 5) is 54.1. The molecule has 6 N–H and O–H groups in total. The number of aliphatic carboxylic acids is 1. The molecule has 3 rings (SSSR count). The lowest BCUT2D eigenvalue weighted by molar-refractivity contribution is -0.173. The van der Waals surface area contributed by atoms with Crippen LogP contribution in [0.3, 0.4) is 0 Å². The second-order valence-corrected chi connectivity index (χ2v) is 9.09. The number of imidazole rings is 1. The summed E-state index contributed by atoms with van der Waals surface area (Å²) in [7, 11) is 0. The fourth-order valence-electron chi connectivity index (χ4n) is 3.86. The predicted octanol–water partition coefficient (Wildman–Crippen LogP) is 1.80. The number of alkyl halides is 3. The van der Waals surface area contributed by atoms with E-state index in [-0.39, 0.29) is 32.4 Å². The SMILES string of the molecule is O=C(CCCCCNC(=O)C(F)(F)F)N[C@@H](CNC(=O)c1ccc2c(cnn2CCCNc2ncc[nH]2)c1)C(=O)O. The Morgan fingerprint density at radius 3 is 2.56 bits per heavy atom. The van der Waals surface area contributed by atoms with E-state index >= 15 is 0 Å². The zero-order valence-corrected chi connectivity index (χ0v) is 22.0. The van der Waals surface area contributed by atoms with Crippen molar-refractivity contribution in [3.05, 3.63) is 42.4 Å². The number of anilines is 1. The number of carboxylic acids is 1. The van der Waals surface area contributed by atoms with Gasteiger partial charge in [0.05, 0.1) is 11.7 Å². The third-order valence-electron chi connectivity index (χ3n) is 5.97. The third-order valence-corrected chi connectivity index (χ3v) is 5.97. The molecule has 0 aliphatic rings. The molecular formula is C25H31F3N8O5. The van der Waals surface area contributed by atoms with Gasteiger partial charge in [0, 0.05) is 55.9 Å². The molecule has 0 fully saturated rings. The molecule has 0 radical (unpaired) electrons. The maximum atomic E-state index is 12.7. The first-order chi connectivity index (χ1) is 19.5. The zero-order valence-electron chi connectivity index (χ0n) is 22.0. The van der Waals surface area contributed by atoms with Crippen LogP contribution >= 0.6 is 0 Å². The number of aryl methyl sites for hydroxylation is 1. The van der Waals surface area contributed by atoms with Crippen molar-refractivity contribution in [2.45, 2.75) is 50.9 Å². The molecule has 3 aromatic rings. The standard InChI is InChI=1S/C25H31F3N8O5/c26-25(27,28)23(41)29-8-3-1-2-5-20(37)35-18(22(39)40)15-33-21(38)16-6-7-19-17(13-16)14-34-36(19)12-4-9-30-24-31-10-11-32-24/h6-7,10-11,13-14,18H,1-5,8-9,12,15H2,(H,29,41)(H,33,38)(H,35,37)(H,39,40)(H2,30,31,32)/t18-/m0/s1. The number of hydrogen-bond donors (Lipinski definition) is 6. The number of unbranched alkanes of at least 4 members (excludes halogenated alkanes) is 2. The van der Waals surface area contributed by atoms with Gasteiger partial charge in [-0.2, -0.15) is 18.3 Å². The number of aromatic nitrogens is 4. The number of benzene rings is 1. The summed E-state index contributed by atoms with van der Waals surface area (Å²) in [5.74, 6) is -3.79. The van der Waals surface area contributed by atoms with Crippen LogP contribution in [-0.4, -0.2) is 80.4 Å². The molecule has 1 atom stereocenters. The first kappa shape index (κ1) is 30.9. The monoisotopic (exact) mass is 580 g/mol. The average molecular weight is 581 g/mol. The fourth-order valence-corrected chi connectivity index (χ4v) is 3.86. The number of carbonyl (C=O) groups excluding carboxylic acids is 3. The lowest BCUT2D eigenvalue weighted by Crippen LogP contribution is -2.48. The van der Waals surface area contributed by atoms with Crippen molar-refractivity contribution in [1.29, 1.82) is 0 Å². The van der Waals surface area contributed by atoms with Crippen LogP contribution in [0.4, 0.5) is 19.1 Å². The van der Waals surface area contributed by atoms with Crippen LogP contribution < -0.4 is 21.3 Å². The van der Waals surface area contributed by atoms with Gasteiger partial charge in [0.2, 0.25) is 5.91 Å². The highest BCUT2D eigenvalue weighted by molar-refractivity contribution is 5.98. The molecule has 0 saturated heterocycles. The number of H-pyrrole nitrogens is 1. The van der Waals surface area contributed by atoms with Gasteiger partial charge in [-0.15, -0.1) is 0 Å². The molecular weight excluding hydrogens is 549 g/mol. The minimum absolute atomic E-state index is 0.0650. The van der Waals surface area contributed by atoms with E-state index in [0.29, 0.717) is 31.0 Å². The number of amides is 3. The minimum atomic E-state index is -4.95. The van der Waals surface area contributed by atoms with E-state index in [2.05, 4.69) is 31.0 Å². The van der Waals surface area contributed by atoms with Gasteiger partial charge >= 0.3 is 18.1 Å². The summed E-state index contributed by atoms with van der Waals surface area (Å²) in [6.07, 6.45) is 1.63. The van der Waals surface area contributed by atoms with E-state index in [1.807, 2.05) is 4.68 Å². The van der Waals surface area contributed by atoms with Crippen LogP contribution in [0.25, 0.3) is 10.9 Å². The molecule has 16 heteroatoms. The van der Waals surface area contributed by atoms with Crippen molar-refractivity contribution >= 4 is 40.5 Å². The molecule has 2 heterocycles. The van der Waals surface area contributed by atoms with Crippen molar-refractivity contribution in [1.82, 2.24) is 35.7 Å². The zero-order chi connectivity index (χ0) is 29.8. The van der Waals surface area contributed by atoms with Gasteiger partial charge in [0.1, 0.15) is 6.04 Å². The molecule has 0 aliphatic heterocycles. The van der Waals surface area contributed by atoms with Gasteiger partial charge in [-0.1, -0.05) is 6.42 Å². The first-order valence-corrected chi connectivity index (χ1v) is 12.9. The summed E-state index contributed by atoms with van der Waals surface area (Å²) >= 11 is 0. The van der Waals surface area contributed by atoms with Gasteiger partial charge < -0.3 is 31.4 Å². The summed E-state index contributed by atoms with van der Waals surface area (Å²) in [5.41, 5.74) is 1.13. The van der Waals surface area contributed by atoms with E-state index in [1.165, 1.54) is 0 Å². The van der Waals surface area contributed by atoms with Gasteiger partial charge in [-0.25, -0.2) is 9.78 Å². The quantitative estimate of drug-likeness (QED) is 0.139. The topological polar surface area (TPSA) is 183 Å². The second kappa shape index (κ2) is 14.7. The Morgan fingerprint density at radius 1 is 1.05 bits per heavy atom. The molecule has 222 valence electrons. The first-order valence-electron chi connectivity index (χ1n) is 12.9. The highest BCUT2D eigenvalue weighted by atomic mass is 19.4. The molecule has 0 spiro atoms. The largest absolute Gasteiger partial charge is 0.480 e. The lowest BCUT2D eigenvalue weighted by Gasteiger charge is -2.15.